The van der Waals surface area contributed by atoms with Crippen LogP contribution in [0, 0.1) is 0 Å². The highest BCUT2D eigenvalue weighted by Crippen LogP contribution is 2.54. The minimum Gasteiger partial charge on any atom is -0.456 e. The number of para-hydroxylation sites is 1. The van der Waals surface area contributed by atoms with Gasteiger partial charge in [0.1, 0.15) is 11.2 Å². The summed E-state index contributed by atoms with van der Waals surface area (Å²) < 4.78 is 22.5. The van der Waals surface area contributed by atoms with Crippen LogP contribution in [0.4, 0.5) is 0 Å². The summed E-state index contributed by atoms with van der Waals surface area (Å²) in [5.41, 5.74) is 5.77. The quantitative estimate of drug-likeness (QED) is 0.180. The first kappa shape index (κ1) is 28.6. The first-order valence-corrected chi connectivity index (χ1v) is 17.8. The van der Waals surface area contributed by atoms with Crippen molar-refractivity contribution in [3.8, 4) is 34.2 Å². The average molecular weight is 640 g/mol. The lowest BCUT2D eigenvalue weighted by molar-refractivity contribution is 0.586. The molecule has 0 radical (unpaired) electrons. The van der Waals surface area contributed by atoms with Crippen molar-refractivity contribution in [2.24, 2.45) is 0 Å². The van der Waals surface area contributed by atoms with Gasteiger partial charge in [-0.25, -0.2) is 15.0 Å². The Morgan fingerprint density at radius 2 is 1.04 bits per heavy atom. The predicted octanol–water partition coefficient (Wildman–Crippen LogP) is 9.05. The van der Waals surface area contributed by atoms with Crippen LogP contribution in [0.3, 0.4) is 0 Å². The lowest BCUT2D eigenvalue weighted by atomic mass is 9.77. The van der Waals surface area contributed by atoms with Gasteiger partial charge in [0, 0.05) is 48.8 Å². The van der Waals surface area contributed by atoms with Crippen molar-refractivity contribution >= 4 is 45.0 Å². The summed E-state index contributed by atoms with van der Waals surface area (Å²) in [6.07, 6.45) is 0. The number of aromatic nitrogens is 3. The summed E-state index contributed by atoms with van der Waals surface area (Å²) in [6.45, 7) is 4.44. The zero-order chi connectivity index (χ0) is 32.5. The van der Waals surface area contributed by atoms with E-state index >= 15 is 4.57 Å². The maximum atomic E-state index is 16.1. The molecule has 0 N–H and O–H groups in total. The molecule has 1 aliphatic heterocycles. The van der Waals surface area contributed by atoms with Crippen molar-refractivity contribution in [1.29, 1.82) is 0 Å². The maximum absolute atomic E-state index is 16.1. The normalized spacial score (nSPS) is 16.5. The Morgan fingerprint density at radius 3 is 1.69 bits per heavy atom. The molecule has 0 fully saturated rings. The first-order chi connectivity index (χ1) is 23.4. The molecule has 1 atom stereocenters. The molecule has 0 saturated heterocycles. The van der Waals surface area contributed by atoms with Crippen LogP contribution in [0.25, 0.3) is 56.1 Å². The van der Waals surface area contributed by atoms with E-state index in [1.165, 1.54) is 0 Å². The Bertz CT molecular complexity index is 2500. The monoisotopic (exact) mass is 639 g/mol. The minimum atomic E-state index is -3.39. The van der Waals surface area contributed by atoms with Crippen LogP contribution in [0.5, 0.6) is 0 Å². The third kappa shape index (κ3) is 4.32. The molecule has 5 nitrogen and oxygen atoms in total. The highest BCUT2D eigenvalue weighted by atomic mass is 31.2. The molecular weight excluding hydrogens is 609 g/mol. The van der Waals surface area contributed by atoms with Crippen molar-refractivity contribution in [1.82, 2.24) is 15.0 Å². The summed E-state index contributed by atoms with van der Waals surface area (Å²) in [4.78, 5) is 14.9. The lowest BCUT2D eigenvalue weighted by Crippen LogP contribution is -2.42. The minimum absolute atomic E-state index is 0.443. The SMILES string of the molecule is CC1(C)c2ccc(-c3nc(-c4ccccc4)nc(-c4ccccc4)n3)cc2P(=O)(c2ccccc2)c2cc3oc4ccccc4c3cc21. The fraction of sp³-hybridized carbons (Fsp3) is 0.0714. The van der Waals surface area contributed by atoms with E-state index in [4.69, 9.17) is 19.4 Å². The molecule has 230 valence electrons. The number of hydrogen-bond acceptors (Lipinski definition) is 5. The van der Waals surface area contributed by atoms with Crippen molar-refractivity contribution in [2.75, 3.05) is 0 Å². The van der Waals surface area contributed by atoms with Gasteiger partial charge in [0.2, 0.25) is 0 Å². The van der Waals surface area contributed by atoms with Gasteiger partial charge < -0.3 is 8.98 Å². The summed E-state index contributed by atoms with van der Waals surface area (Å²) in [7, 11) is -3.39. The Labute approximate surface area is 278 Å². The standard InChI is InChI=1S/C42H30N3O2P/c1-42(2)33-23-22-29(41-44-39(27-14-6-3-7-15-27)43-40(45-41)28-16-8-4-9-17-28)24-37(33)48(46,30-18-10-5-11-19-30)38-26-36-32(25-34(38)42)31-20-12-13-21-35(31)47-36/h3-26H,1-2H3. The van der Waals surface area contributed by atoms with E-state index < -0.39 is 12.6 Å². The molecule has 6 heteroatoms. The van der Waals surface area contributed by atoms with Crippen molar-refractivity contribution in [3.63, 3.8) is 0 Å². The zero-order valence-electron chi connectivity index (χ0n) is 26.5. The summed E-state index contributed by atoms with van der Waals surface area (Å²) in [5, 5.41) is 4.47. The van der Waals surface area contributed by atoms with Crippen LogP contribution >= 0.6 is 7.14 Å². The van der Waals surface area contributed by atoms with E-state index in [1.807, 2.05) is 115 Å². The number of nitrogens with zero attached hydrogens (tertiary/aromatic N) is 3. The van der Waals surface area contributed by atoms with E-state index in [0.717, 1.165) is 65.7 Å². The van der Waals surface area contributed by atoms with Crippen LogP contribution in [0.2, 0.25) is 0 Å². The van der Waals surface area contributed by atoms with Gasteiger partial charge in [0.05, 0.1) is 0 Å². The Balaban J connectivity index is 1.31. The van der Waals surface area contributed by atoms with E-state index in [0.29, 0.717) is 17.5 Å². The maximum Gasteiger partial charge on any atom is 0.171 e. The van der Waals surface area contributed by atoms with Gasteiger partial charge in [-0.2, -0.15) is 0 Å². The Hall–Kier alpha value is -5.64. The van der Waals surface area contributed by atoms with E-state index in [2.05, 4.69) is 44.2 Å². The predicted molar refractivity (Wildman–Crippen MR) is 195 cm³/mol. The number of benzene rings is 6. The Kier molecular flexibility index (Phi) is 6.37. The molecule has 1 aliphatic rings. The van der Waals surface area contributed by atoms with Crippen LogP contribution in [-0.2, 0) is 9.98 Å². The molecule has 6 aromatic carbocycles. The number of furan rings is 1. The molecule has 3 heterocycles. The molecule has 0 aliphatic carbocycles. The van der Waals surface area contributed by atoms with Gasteiger partial charge in [-0.3, -0.25) is 0 Å². The number of rotatable bonds is 4. The third-order valence-electron chi connectivity index (χ3n) is 9.60. The second-order valence-corrected chi connectivity index (χ2v) is 15.5. The van der Waals surface area contributed by atoms with Gasteiger partial charge in [-0.1, -0.05) is 135 Å². The molecule has 8 aromatic rings. The molecule has 1 unspecified atom stereocenters. The Morgan fingerprint density at radius 1 is 0.500 bits per heavy atom. The van der Waals surface area contributed by atoms with Gasteiger partial charge in [-0.05, 0) is 35.4 Å². The van der Waals surface area contributed by atoms with Crippen molar-refractivity contribution in [3.05, 3.63) is 157 Å². The van der Waals surface area contributed by atoms with Crippen LogP contribution in [0.1, 0.15) is 25.0 Å². The molecule has 0 spiro atoms. The largest absolute Gasteiger partial charge is 0.456 e. The molecular formula is C42H30N3O2P. The summed E-state index contributed by atoms with van der Waals surface area (Å²) in [6, 6.07) is 48.3. The van der Waals surface area contributed by atoms with Crippen LogP contribution in [0.15, 0.2) is 150 Å². The van der Waals surface area contributed by atoms with Gasteiger partial charge in [0.25, 0.3) is 0 Å². The van der Waals surface area contributed by atoms with Crippen molar-refractivity contribution < 1.29 is 8.98 Å². The van der Waals surface area contributed by atoms with Gasteiger partial charge in [-0.15, -0.1) is 0 Å². The van der Waals surface area contributed by atoms with E-state index in [9.17, 15) is 0 Å². The second-order valence-electron chi connectivity index (χ2n) is 12.8. The van der Waals surface area contributed by atoms with Gasteiger partial charge >= 0.3 is 0 Å². The molecule has 0 bridgehead atoms. The van der Waals surface area contributed by atoms with E-state index in [-0.39, 0.29) is 0 Å². The highest BCUT2D eigenvalue weighted by Gasteiger charge is 2.45. The highest BCUT2D eigenvalue weighted by molar-refractivity contribution is 7.85. The zero-order valence-corrected chi connectivity index (χ0v) is 27.4. The molecule has 48 heavy (non-hydrogen) atoms. The molecule has 0 amide bonds. The third-order valence-corrected chi connectivity index (χ3v) is 12.7. The molecule has 2 aromatic heterocycles. The smallest absolute Gasteiger partial charge is 0.171 e. The van der Waals surface area contributed by atoms with Crippen molar-refractivity contribution in [2.45, 2.75) is 19.3 Å². The summed E-state index contributed by atoms with van der Waals surface area (Å²) in [5.74, 6) is 1.70. The number of hydrogen-bond donors (Lipinski definition) is 0. The van der Waals surface area contributed by atoms with Crippen LogP contribution < -0.4 is 15.9 Å². The van der Waals surface area contributed by atoms with Crippen LogP contribution in [-0.4, -0.2) is 15.0 Å². The van der Waals surface area contributed by atoms with E-state index in [1.54, 1.807) is 0 Å². The lowest BCUT2D eigenvalue weighted by Gasteiger charge is -2.39. The summed E-state index contributed by atoms with van der Waals surface area (Å²) >= 11 is 0. The molecule has 9 rings (SSSR count). The second kappa shape index (κ2) is 10.7. The fourth-order valence-electron chi connectivity index (χ4n) is 7.11. The first-order valence-electron chi connectivity index (χ1n) is 16.1. The topological polar surface area (TPSA) is 68.9 Å². The molecule has 0 saturated carbocycles. The van der Waals surface area contributed by atoms with Gasteiger partial charge in [0.15, 0.2) is 24.6 Å². The fourth-order valence-corrected chi connectivity index (χ4v) is 10.5. The average Bonchev–Trinajstić information content (AvgIpc) is 3.52. The number of fused-ring (bicyclic) bond motifs is 5.